The number of carbonyl (C=O) groups excluding carboxylic acids is 2. The van der Waals surface area contributed by atoms with Crippen molar-refractivity contribution in [2.45, 2.75) is 11.8 Å². The number of ketones is 2. The van der Waals surface area contributed by atoms with Crippen molar-refractivity contribution in [3.8, 4) is 0 Å². The molecule has 0 aromatic heterocycles. The highest BCUT2D eigenvalue weighted by atomic mass is 32.2. The summed E-state index contributed by atoms with van der Waals surface area (Å²) in [5.41, 5.74) is 0.175. The van der Waals surface area contributed by atoms with E-state index in [0.717, 1.165) is 4.31 Å². The van der Waals surface area contributed by atoms with Gasteiger partial charge in [0.15, 0.2) is 11.5 Å². The molecule has 0 spiro atoms. The van der Waals surface area contributed by atoms with Gasteiger partial charge in [-0.2, -0.15) is 0 Å². The topological polar surface area (TPSA) is 91.7 Å². The molecule has 0 unspecified atom stereocenters. The Balaban J connectivity index is 2.21. The zero-order valence-corrected chi connectivity index (χ0v) is 14.4. The number of aliphatic hydroxyl groups excluding tert-OH is 1. The zero-order valence-electron chi connectivity index (χ0n) is 13.6. The minimum atomic E-state index is -3.95. The summed E-state index contributed by atoms with van der Waals surface area (Å²) in [6.45, 7) is 1.37. The highest BCUT2D eigenvalue weighted by Crippen LogP contribution is 2.35. The molecule has 1 aliphatic heterocycles. The summed E-state index contributed by atoms with van der Waals surface area (Å²) in [4.78, 5) is 24.3. The van der Waals surface area contributed by atoms with Gasteiger partial charge < -0.3 is 5.11 Å². The average Bonchev–Trinajstić information content (AvgIpc) is 2.60. The van der Waals surface area contributed by atoms with Crippen molar-refractivity contribution >= 4 is 27.3 Å². The van der Waals surface area contributed by atoms with Crippen LogP contribution in [0.5, 0.6) is 0 Å². The molecule has 25 heavy (non-hydrogen) atoms. The second-order valence-electron chi connectivity index (χ2n) is 5.63. The lowest BCUT2D eigenvalue weighted by atomic mass is 10.0. The van der Waals surface area contributed by atoms with Crippen LogP contribution in [0.3, 0.4) is 0 Å². The molecule has 3 rings (SSSR count). The number of nitrogens with zero attached hydrogens (tertiary/aromatic N) is 1. The first-order chi connectivity index (χ1) is 11.7. The number of hydrogen-bond donors (Lipinski definition) is 1. The van der Waals surface area contributed by atoms with Gasteiger partial charge in [0.05, 0.1) is 4.90 Å². The van der Waals surface area contributed by atoms with Crippen LogP contribution >= 0.6 is 0 Å². The minimum Gasteiger partial charge on any atom is -0.505 e. The van der Waals surface area contributed by atoms with Crippen molar-refractivity contribution in [2.75, 3.05) is 7.05 Å². The largest absolute Gasteiger partial charge is 0.505 e. The number of rotatable bonds is 3. The molecule has 6 nitrogen and oxygen atoms in total. The zero-order chi connectivity index (χ0) is 18.4. The van der Waals surface area contributed by atoms with E-state index >= 15 is 0 Å². The Morgan fingerprint density at radius 2 is 1.64 bits per heavy atom. The molecule has 128 valence electrons. The summed E-state index contributed by atoms with van der Waals surface area (Å²) < 4.78 is 26.1. The molecule has 0 saturated heterocycles. The van der Waals surface area contributed by atoms with Crippen molar-refractivity contribution in [1.82, 2.24) is 4.31 Å². The van der Waals surface area contributed by atoms with Crippen LogP contribution in [0.1, 0.15) is 33.2 Å². The van der Waals surface area contributed by atoms with Crippen LogP contribution < -0.4 is 0 Å². The Labute approximate surface area is 145 Å². The molecule has 0 bridgehead atoms. The maximum Gasteiger partial charge on any atom is 0.265 e. The average molecular weight is 357 g/mol. The minimum absolute atomic E-state index is 0.0657. The summed E-state index contributed by atoms with van der Waals surface area (Å²) in [6, 6.07) is 11.9. The third-order valence-corrected chi connectivity index (χ3v) is 5.88. The number of carbonyl (C=O) groups is 2. The van der Waals surface area contributed by atoms with Crippen LogP contribution in [0.25, 0.3) is 5.76 Å². The van der Waals surface area contributed by atoms with E-state index in [2.05, 4.69) is 0 Å². The Kier molecular flexibility index (Phi) is 3.96. The van der Waals surface area contributed by atoms with Crippen molar-refractivity contribution in [3.05, 3.63) is 70.9 Å². The van der Waals surface area contributed by atoms with Crippen molar-refractivity contribution in [2.24, 2.45) is 0 Å². The van der Waals surface area contributed by atoms with Crippen molar-refractivity contribution in [3.63, 3.8) is 0 Å². The first kappa shape index (κ1) is 16.9. The van der Waals surface area contributed by atoms with Crippen LogP contribution in [0, 0.1) is 0 Å². The predicted molar refractivity (Wildman–Crippen MR) is 91.7 cm³/mol. The fraction of sp³-hybridized carbons (Fsp3) is 0.111. The summed E-state index contributed by atoms with van der Waals surface area (Å²) >= 11 is 0. The number of Topliss-reactive ketones (excluding diaryl/α,β-unsaturated/α-hetero) is 2. The monoisotopic (exact) mass is 357 g/mol. The molecule has 0 atom stereocenters. The smallest absolute Gasteiger partial charge is 0.265 e. The summed E-state index contributed by atoms with van der Waals surface area (Å²) in [7, 11) is -2.74. The van der Waals surface area contributed by atoms with E-state index < -0.39 is 21.6 Å². The van der Waals surface area contributed by atoms with Crippen LogP contribution in [0.2, 0.25) is 0 Å². The third-order valence-electron chi connectivity index (χ3n) is 4.07. The molecular formula is C18H15NO5S. The second-order valence-corrected chi connectivity index (χ2v) is 7.57. The highest BCUT2D eigenvalue weighted by molar-refractivity contribution is 7.89. The Bertz CT molecular complexity index is 1040. The first-order valence-electron chi connectivity index (χ1n) is 7.42. The number of fused-ring (bicyclic) bond motifs is 1. The maximum atomic E-state index is 12.9. The van der Waals surface area contributed by atoms with Crippen molar-refractivity contribution < 1.29 is 23.1 Å². The molecule has 0 saturated carbocycles. The van der Waals surface area contributed by atoms with E-state index in [4.69, 9.17) is 0 Å². The van der Waals surface area contributed by atoms with Crippen LogP contribution in [0.15, 0.2) is 59.1 Å². The summed E-state index contributed by atoms with van der Waals surface area (Å²) in [5, 5.41) is 10.5. The maximum absolute atomic E-state index is 12.9. The molecule has 0 fully saturated rings. The number of likely N-dealkylation sites (N-methyl/N-ethyl adjacent to an activating group) is 1. The molecule has 1 N–H and O–H groups in total. The fourth-order valence-corrected chi connectivity index (χ4v) is 4.10. The fourth-order valence-electron chi connectivity index (χ4n) is 2.70. The molecule has 7 heteroatoms. The van der Waals surface area contributed by atoms with Gasteiger partial charge in [0.2, 0.25) is 5.78 Å². The Morgan fingerprint density at radius 3 is 2.32 bits per heavy atom. The first-order valence-corrected chi connectivity index (χ1v) is 8.86. The lowest BCUT2D eigenvalue weighted by Crippen LogP contribution is -2.35. The third kappa shape index (κ3) is 2.62. The molecule has 2 aromatic carbocycles. The lowest BCUT2D eigenvalue weighted by molar-refractivity contribution is 0.101. The van der Waals surface area contributed by atoms with Gasteiger partial charge in [-0.3, -0.25) is 13.9 Å². The van der Waals surface area contributed by atoms with E-state index in [1.165, 1.54) is 44.3 Å². The van der Waals surface area contributed by atoms with Gasteiger partial charge in [-0.25, -0.2) is 8.42 Å². The van der Waals surface area contributed by atoms with E-state index in [1.54, 1.807) is 18.2 Å². The molecule has 0 aliphatic carbocycles. The van der Waals surface area contributed by atoms with Crippen LogP contribution in [0.4, 0.5) is 0 Å². The number of aliphatic hydroxyl groups is 1. The van der Waals surface area contributed by atoms with Gasteiger partial charge in [-0.05, 0) is 25.1 Å². The van der Waals surface area contributed by atoms with Crippen LogP contribution in [-0.4, -0.2) is 36.4 Å². The molecule has 0 amide bonds. The Hall–Kier alpha value is -2.93. The predicted octanol–water partition coefficient (Wildman–Crippen LogP) is 2.63. The number of sulfonamides is 1. The van der Waals surface area contributed by atoms with Crippen molar-refractivity contribution in [1.29, 1.82) is 0 Å². The number of benzene rings is 2. The molecular weight excluding hydrogens is 342 g/mol. The van der Waals surface area contributed by atoms with E-state index in [-0.39, 0.29) is 27.5 Å². The van der Waals surface area contributed by atoms with Crippen LogP contribution in [-0.2, 0) is 10.0 Å². The quantitative estimate of drug-likeness (QED) is 0.853. The second kappa shape index (κ2) is 5.86. The van der Waals surface area contributed by atoms with Gasteiger partial charge in [-0.15, -0.1) is 0 Å². The van der Waals surface area contributed by atoms with E-state index in [9.17, 15) is 23.1 Å². The molecule has 1 heterocycles. The SMILES string of the molecule is CC(=O)c1cccc(C(=O)C2=C(O)c3ccccc3S(=O)(=O)N2C)c1. The van der Waals surface area contributed by atoms with Gasteiger partial charge in [-0.1, -0.05) is 30.3 Å². The van der Waals surface area contributed by atoms with Gasteiger partial charge in [0.25, 0.3) is 10.0 Å². The number of hydrogen-bond acceptors (Lipinski definition) is 5. The standard InChI is InChI=1S/C18H15NO5S/c1-11(20)12-6-5-7-13(10-12)17(21)16-18(22)14-8-3-4-9-15(14)25(23,24)19(16)2/h3-10,22H,1-2H3. The Morgan fingerprint density at radius 1 is 1.00 bits per heavy atom. The highest BCUT2D eigenvalue weighted by Gasteiger charge is 2.37. The molecule has 2 aromatic rings. The molecule has 1 aliphatic rings. The number of allylic oxidation sites excluding steroid dienone is 1. The lowest BCUT2D eigenvalue weighted by Gasteiger charge is -2.28. The van der Waals surface area contributed by atoms with E-state index in [1.807, 2.05) is 0 Å². The van der Waals surface area contributed by atoms with Gasteiger partial charge in [0, 0.05) is 23.7 Å². The normalized spacial score (nSPS) is 15.7. The summed E-state index contributed by atoms with van der Waals surface area (Å²) in [6.07, 6.45) is 0. The van der Waals surface area contributed by atoms with Gasteiger partial charge >= 0.3 is 0 Å². The summed E-state index contributed by atoms with van der Waals surface area (Å²) in [5.74, 6) is -1.31. The molecule has 0 radical (unpaired) electrons. The van der Waals surface area contributed by atoms with Gasteiger partial charge in [0.1, 0.15) is 5.70 Å². The van der Waals surface area contributed by atoms with E-state index in [0.29, 0.717) is 5.56 Å².